The molecule has 15 heavy (non-hydrogen) atoms. The number of guanidine groups is 1. The van der Waals surface area contributed by atoms with E-state index in [4.69, 9.17) is 0 Å². The van der Waals surface area contributed by atoms with E-state index in [1.54, 1.807) is 0 Å². The van der Waals surface area contributed by atoms with Gasteiger partial charge in [-0.3, -0.25) is 10.1 Å². The molecule has 2 aliphatic rings. The van der Waals surface area contributed by atoms with Crippen LogP contribution in [-0.4, -0.2) is 22.8 Å². The molecule has 1 atom stereocenters. The summed E-state index contributed by atoms with van der Waals surface area (Å²) in [6.45, 7) is 2.65. The summed E-state index contributed by atoms with van der Waals surface area (Å²) < 4.78 is 0. The topological polar surface area (TPSA) is 44.7 Å². The number of hydrogen-bond acceptors (Lipinski definition) is 3. The maximum Gasteiger partial charge on any atom is 0.249 e. The van der Waals surface area contributed by atoms with Crippen molar-refractivity contribution in [2.24, 2.45) is 4.99 Å². The Labute approximate surface area is 87.6 Å². The molecular weight excluding hydrogens is 190 g/mol. The predicted octanol–water partition coefficient (Wildman–Crippen LogP) is 1.01. The first kappa shape index (κ1) is 8.47. The zero-order valence-electron chi connectivity index (χ0n) is 8.40. The molecule has 2 aliphatic heterocycles. The maximum absolute atomic E-state index is 11.5. The van der Waals surface area contributed by atoms with Crippen LogP contribution in [0.3, 0.4) is 0 Å². The molecule has 1 aromatic rings. The summed E-state index contributed by atoms with van der Waals surface area (Å²) >= 11 is 0. The fraction of sp³-hybridized carbons (Fsp3) is 0.273. The highest BCUT2D eigenvalue weighted by atomic mass is 16.2. The lowest BCUT2D eigenvalue weighted by atomic mass is 10.1. The van der Waals surface area contributed by atoms with Gasteiger partial charge in [-0.1, -0.05) is 18.2 Å². The van der Waals surface area contributed by atoms with Gasteiger partial charge in [-0.2, -0.15) is 0 Å². The van der Waals surface area contributed by atoms with Crippen molar-refractivity contribution in [1.29, 1.82) is 0 Å². The quantitative estimate of drug-likeness (QED) is 0.680. The first-order valence-electron chi connectivity index (χ1n) is 5.00. The van der Waals surface area contributed by atoms with Gasteiger partial charge in [0.25, 0.3) is 0 Å². The number of nitrogens with zero attached hydrogens (tertiary/aromatic N) is 2. The molecule has 2 heterocycles. The Morgan fingerprint density at radius 1 is 1.47 bits per heavy atom. The summed E-state index contributed by atoms with van der Waals surface area (Å²) in [5.74, 6) is 0.716. The normalized spacial score (nSPS) is 23.0. The number of amides is 1. The van der Waals surface area contributed by atoms with Gasteiger partial charge >= 0.3 is 0 Å². The second-order valence-electron chi connectivity index (χ2n) is 3.86. The molecule has 0 aromatic heterocycles. The fourth-order valence-corrected chi connectivity index (χ4v) is 1.97. The van der Waals surface area contributed by atoms with Gasteiger partial charge in [0, 0.05) is 6.54 Å². The Bertz CT molecular complexity index is 467. The highest BCUT2D eigenvalue weighted by Gasteiger charge is 2.35. The third-order valence-corrected chi connectivity index (χ3v) is 2.91. The number of carbonyl (C=O) groups excluding carboxylic acids is 1. The van der Waals surface area contributed by atoms with Gasteiger partial charge in [-0.25, -0.2) is 4.99 Å². The molecule has 76 valence electrons. The molecule has 0 aliphatic carbocycles. The Morgan fingerprint density at radius 3 is 3.13 bits per heavy atom. The van der Waals surface area contributed by atoms with Crippen LogP contribution in [0.1, 0.15) is 12.5 Å². The Morgan fingerprint density at radius 2 is 2.27 bits per heavy atom. The van der Waals surface area contributed by atoms with Crippen LogP contribution in [0.4, 0.5) is 5.69 Å². The molecule has 0 radical (unpaired) electrons. The van der Waals surface area contributed by atoms with E-state index in [9.17, 15) is 4.79 Å². The molecule has 1 fully saturated rings. The summed E-state index contributed by atoms with van der Waals surface area (Å²) in [5.41, 5.74) is 2.13. The van der Waals surface area contributed by atoms with Gasteiger partial charge in [0.15, 0.2) is 0 Å². The van der Waals surface area contributed by atoms with E-state index in [0.29, 0.717) is 5.96 Å². The molecule has 0 bridgehead atoms. The van der Waals surface area contributed by atoms with E-state index in [1.165, 1.54) is 5.56 Å². The summed E-state index contributed by atoms with van der Waals surface area (Å²) in [6, 6.07) is 7.85. The van der Waals surface area contributed by atoms with Gasteiger partial charge in [-0.15, -0.1) is 0 Å². The molecule has 3 rings (SSSR count). The summed E-state index contributed by atoms with van der Waals surface area (Å²) in [7, 11) is 0. The molecule has 1 amide bonds. The van der Waals surface area contributed by atoms with Crippen LogP contribution in [0, 0.1) is 0 Å². The van der Waals surface area contributed by atoms with Crippen LogP contribution in [0.2, 0.25) is 0 Å². The molecule has 0 unspecified atom stereocenters. The Balaban J connectivity index is 2.08. The van der Waals surface area contributed by atoms with E-state index < -0.39 is 0 Å². The van der Waals surface area contributed by atoms with Crippen molar-refractivity contribution in [3.05, 3.63) is 29.8 Å². The zero-order valence-corrected chi connectivity index (χ0v) is 8.40. The van der Waals surface area contributed by atoms with E-state index in [-0.39, 0.29) is 11.9 Å². The highest BCUT2D eigenvalue weighted by Crippen LogP contribution is 2.28. The minimum absolute atomic E-state index is 0.0292. The molecule has 1 saturated heterocycles. The summed E-state index contributed by atoms with van der Waals surface area (Å²) in [4.78, 5) is 17.9. The first-order chi connectivity index (χ1) is 7.25. The summed E-state index contributed by atoms with van der Waals surface area (Å²) in [5, 5.41) is 2.78. The van der Waals surface area contributed by atoms with Crippen molar-refractivity contribution in [3.63, 3.8) is 0 Å². The minimum atomic E-state index is -0.114. The Kier molecular flexibility index (Phi) is 1.59. The van der Waals surface area contributed by atoms with E-state index >= 15 is 0 Å². The molecule has 4 heteroatoms. The Hall–Kier alpha value is -1.84. The van der Waals surface area contributed by atoms with Gasteiger partial charge in [0.1, 0.15) is 6.04 Å². The van der Waals surface area contributed by atoms with Gasteiger partial charge in [-0.05, 0) is 18.6 Å². The lowest BCUT2D eigenvalue weighted by Crippen LogP contribution is -2.35. The fourth-order valence-electron chi connectivity index (χ4n) is 1.97. The van der Waals surface area contributed by atoms with Crippen molar-refractivity contribution < 1.29 is 4.79 Å². The largest absolute Gasteiger partial charge is 0.326 e. The molecule has 0 saturated carbocycles. The van der Waals surface area contributed by atoms with Gasteiger partial charge < -0.3 is 4.90 Å². The lowest BCUT2D eigenvalue weighted by Gasteiger charge is -2.25. The van der Waals surface area contributed by atoms with E-state index in [0.717, 1.165) is 12.2 Å². The number of fused-ring (bicyclic) bond motifs is 2. The van der Waals surface area contributed by atoms with Gasteiger partial charge in [0.2, 0.25) is 11.9 Å². The molecule has 0 spiro atoms. The van der Waals surface area contributed by atoms with Crippen LogP contribution in [-0.2, 0) is 11.3 Å². The standard InChI is InChI=1S/C11H11N3O/c1-7-10(15)13-11-12-9-5-3-2-4-8(9)6-14(7)11/h2-5,7H,6H2,1H3,(H,12,13,15)/t7-/m1/s1. The van der Waals surface area contributed by atoms with Crippen molar-refractivity contribution in [3.8, 4) is 0 Å². The van der Waals surface area contributed by atoms with Crippen LogP contribution < -0.4 is 5.32 Å². The van der Waals surface area contributed by atoms with Crippen LogP contribution in [0.5, 0.6) is 0 Å². The second kappa shape index (κ2) is 2.82. The summed E-state index contributed by atoms with van der Waals surface area (Å²) in [6.07, 6.45) is 0. The number of nitrogens with one attached hydrogen (secondary N) is 1. The maximum atomic E-state index is 11.5. The molecule has 1 aromatic carbocycles. The van der Waals surface area contributed by atoms with E-state index in [2.05, 4.69) is 10.3 Å². The number of aliphatic imine (C=N–C) groups is 1. The average Bonchev–Trinajstić information content (AvgIpc) is 2.52. The third kappa shape index (κ3) is 1.14. The minimum Gasteiger partial charge on any atom is -0.326 e. The van der Waals surface area contributed by atoms with Crippen molar-refractivity contribution >= 4 is 17.6 Å². The van der Waals surface area contributed by atoms with Crippen molar-refractivity contribution in [2.45, 2.75) is 19.5 Å². The number of benzene rings is 1. The monoisotopic (exact) mass is 201 g/mol. The van der Waals surface area contributed by atoms with Crippen LogP contribution >= 0.6 is 0 Å². The van der Waals surface area contributed by atoms with Gasteiger partial charge in [0.05, 0.1) is 5.69 Å². The van der Waals surface area contributed by atoms with Crippen LogP contribution in [0.15, 0.2) is 29.3 Å². The number of carbonyl (C=O) groups is 1. The molecule has 1 N–H and O–H groups in total. The number of hydrogen-bond donors (Lipinski definition) is 1. The smallest absolute Gasteiger partial charge is 0.249 e. The van der Waals surface area contributed by atoms with Crippen LogP contribution in [0.25, 0.3) is 0 Å². The van der Waals surface area contributed by atoms with Crippen molar-refractivity contribution in [1.82, 2.24) is 10.2 Å². The average molecular weight is 201 g/mol. The SMILES string of the molecule is C[C@@H]1C(=O)NC2=Nc3ccccc3CN21. The predicted molar refractivity (Wildman–Crippen MR) is 56.7 cm³/mol. The second-order valence-corrected chi connectivity index (χ2v) is 3.86. The van der Waals surface area contributed by atoms with Crippen molar-refractivity contribution in [2.75, 3.05) is 0 Å². The highest BCUT2D eigenvalue weighted by molar-refractivity contribution is 6.07. The molecular formula is C11H11N3O. The number of para-hydroxylation sites is 1. The third-order valence-electron chi connectivity index (χ3n) is 2.91. The number of rotatable bonds is 0. The first-order valence-corrected chi connectivity index (χ1v) is 5.00. The van der Waals surface area contributed by atoms with E-state index in [1.807, 2.05) is 36.1 Å². The lowest BCUT2D eigenvalue weighted by molar-refractivity contribution is -0.121. The zero-order chi connectivity index (χ0) is 10.4. The molecule has 4 nitrogen and oxygen atoms in total.